The molecule has 2 rings (SSSR count). The molecule has 0 saturated heterocycles. The molecule has 0 bridgehead atoms. The molecule has 60 valence electrons. The van der Waals surface area contributed by atoms with E-state index in [9.17, 15) is 4.79 Å². The molecular weight excluding hydrogens is 169 g/mol. The number of pyridine rings is 1. The molecule has 0 fully saturated rings. The Morgan fingerprint density at radius 2 is 2.08 bits per heavy atom. The number of benzene rings is 1. The zero-order chi connectivity index (χ0) is 8.55. The number of aromatic amines is 1. The Bertz CT molecular complexity index is 475. The van der Waals surface area contributed by atoms with Crippen LogP contribution in [0.1, 0.15) is 0 Å². The van der Waals surface area contributed by atoms with Crippen molar-refractivity contribution in [2.75, 3.05) is 0 Å². The molecule has 12 heavy (non-hydrogen) atoms. The summed E-state index contributed by atoms with van der Waals surface area (Å²) < 4.78 is 0. The lowest BCUT2D eigenvalue weighted by Gasteiger charge is -1.96. The Kier molecular flexibility index (Phi) is 1.70. The largest absolute Gasteiger partial charge is 0.329 e. The topological polar surface area (TPSA) is 32.9 Å². The van der Waals surface area contributed by atoms with Crippen molar-refractivity contribution in [3.05, 3.63) is 40.8 Å². The van der Waals surface area contributed by atoms with Gasteiger partial charge in [-0.05, 0) is 22.8 Å². The van der Waals surface area contributed by atoms with Crippen molar-refractivity contribution in [3.63, 3.8) is 0 Å². The molecule has 0 aliphatic rings. The van der Waals surface area contributed by atoms with Gasteiger partial charge < -0.3 is 4.98 Å². The van der Waals surface area contributed by atoms with Crippen molar-refractivity contribution in [1.29, 1.82) is 0 Å². The second kappa shape index (κ2) is 2.72. The molecule has 1 atom stereocenters. The Balaban J connectivity index is 2.98. The van der Waals surface area contributed by atoms with Crippen LogP contribution in [0.2, 0.25) is 0 Å². The number of fused-ring (bicyclic) bond motifs is 1. The predicted molar refractivity (Wildman–Crippen MR) is 53.9 cm³/mol. The van der Waals surface area contributed by atoms with Gasteiger partial charge in [0, 0.05) is 11.6 Å². The highest BCUT2D eigenvalue weighted by Crippen LogP contribution is 2.06. The van der Waals surface area contributed by atoms with E-state index in [-0.39, 0.29) is 5.56 Å². The number of hydrogen-bond donors (Lipinski definition) is 1. The monoisotopic (exact) mass is 177 g/mol. The first kappa shape index (κ1) is 7.51. The number of hydrogen-bond acceptors (Lipinski definition) is 1. The molecular formula is C9H8NOP. The van der Waals surface area contributed by atoms with Gasteiger partial charge in [-0.1, -0.05) is 12.1 Å². The van der Waals surface area contributed by atoms with Crippen molar-refractivity contribution >= 4 is 25.3 Å². The summed E-state index contributed by atoms with van der Waals surface area (Å²) in [4.78, 5) is 13.9. The van der Waals surface area contributed by atoms with Gasteiger partial charge in [0.25, 0.3) is 5.56 Å². The van der Waals surface area contributed by atoms with Crippen LogP contribution < -0.4 is 10.9 Å². The summed E-state index contributed by atoms with van der Waals surface area (Å²) in [5, 5.41) is 2.74. The lowest BCUT2D eigenvalue weighted by atomic mass is 10.2. The van der Waals surface area contributed by atoms with Crippen molar-refractivity contribution in [3.8, 4) is 0 Å². The molecule has 3 heteroatoms. The summed E-state index contributed by atoms with van der Waals surface area (Å²) in [7, 11) is 2.57. The van der Waals surface area contributed by atoms with E-state index < -0.39 is 0 Å². The molecule has 1 heterocycles. The minimum absolute atomic E-state index is 0.0307. The van der Waals surface area contributed by atoms with E-state index in [1.54, 1.807) is 6.20 Å². The highest BCUT2D eigenvalue weighted by molar-refractivity contribution is 7.27. The van der Waals surface area contributed by atoms with Crippen LogP contribution in [0, 0.1) is 0 Å². The molecule has 0 amide bonds. The van der Waals surface area contributed by atoms with Gasteiger partial charge in [-0.3, -0.25) is 4.79 Å². The van der Waals surface area contributed by atoms with Crippen LogP contribution in [0.3, 0.4) is 0 Å². The first-order valence-corrected chi connectivity index (χ1v) is 4.22. The number of rotatable bonds is 0. The van der Waals surface area contributed by atoms with E-state index in [1.165, 1.54) is 0 Å². The van der Waals surface area contributed by atoms with Gasteiger partial charge in [0.05, 0.1) is 0 Å². The maximum atomic E-state index is 11.3. The average molecular weight is 177 g/mol. The SMILES string of the molecule is O=c1[nH]ccc2ccc(P)cc12. The minimum atomic E-state index is -0.0307. The Hall–Kier alpha value is -1.14. The van der Waals surface area contributed by atoms with Gasteiger partial charge in [0.15, 0.2) is 0 Å². The number of H-pyrrole nitrogens is 1. The van der Waals surface area contributed by atoms with Crippen LogP contribution in [-0.2, 0) is 0 Å². The van der Waals surface area contributed by atoms with Gasteiger partial charge >= 0.3 is 0 Å². The van der Waals surface area contributed by atoms with Crippen molar-refractivity contribution in [2.45, 2.75) is 0 Å². The van der Waals surface area contributed by atoms with Crippen LogP contribution in [0.4, 0.5) is 0 Å². The van der Waals surface area contributed by atoms with Gasteiger partial charge in [-0.15, -0.1) is 9.24 Å². The second-order valence-electron chi connectivity index (χ2n) is 2.65. The fourth-order valence-electron chi connectivity index (χ4n) is 1.20. The zero-order valence-corrected chi connectivity index (χ0v) is 7.53. The number of nitrogens with one attached hydrogen (secondary N) is 1. The van der Waals surface area contributed by atoms with E-state index in [4.69, 9.17) is 0 Å². The molecule has 2 nitrogen and oxygen atoms in total. The first-order chi connectivity index (χ1) is 5.77. The van der Waals surface area contributed by atoms with Gasteiger partial charge in [-0.25, -0.2) is 0 Å². The van der Waals surface area contributed by atoms with Crippen molar-refractivity contribution < 1.29 is 0 Å². The quantitative estimate of drug-likeness (QED) is 0.599. The van der Waals surface area contributed by atoms with Gasteiger partial charge in [0.1, 0.15) is 0 Å². The molecule has 0 spiro atoms. The smallest absolute Gasteiger partial charge is 0.255 e. The van der Waals surface area contributed by atoms with Gasteiger partial charge in [0.2, 0.25) is 0 Å². The molecule has 1 N–H and O–H groups in total. The van der Waals surface area contributed by atoms with Crippen molar-refractivity contribution in [1.82, 2.24) is 4.98 Å². The Morgan fingerprint density at radius 1 is 1.25 bits per heavy atom. The number of aromatic nitrogens is 1. The van der Waals surface area contributed by atoms with E-state index in [0.717, 1.165) is 16.1 Å². The van der Waals surface area contributed by atoms with Crippen LogP contribution in [0.15, 0.2) is 35.3 Å². The van der Waals surface area contributed by atoms with Crippen LogP contribution in [0.5, 0.6) is 0 Å². The summed E-state index contributed by atoms with van der Waals surface area (Å²) in [5.74, 6) is 0. The standard InChI is InChI=1S/C9H8NOP/c11-9-8-5-7(12)2-1-6(8)3-4-10-9/h1-5H,12H2,(H,10,11). The van der Waals surface area contributed by atoms with Crippen molar-refractivity contribution in [2.24, 2.45) is 0 Å². The lowest BCUT2D eigenvalue weighted by Crippen LogP contribution is -2.06. The summed E-state index contributed by atoms with van der Waals surface area (Å²) in [5.41, 5.74) is -0.0307. The van der Waals surface area contributed by atoms with Crippen LogP contribution in [0.25, 0.3) is 10.8 Å². The Morgan fingerprint density at radius 3 is 2.92 bits per heavy atom. The third-order valence-electron chi connectivity index (χ3n) is 1.80. The highest BCUT2D eigenvalue weighted by Gasteiger charge is 1.95. The normalized spacial score (nSPS) is 10.4. The first-order valence-electron chi connectivity index (χ1n) is 3.64. The molecule has 2 aromatic rings. The van der Waals surface area contributed by atoms with E-state index >= 15 is 0 Å². The second-order valence-corrected chi connectivity index (χ2v) is 3.32. The molecule has 1 aromatic carbocycles. The van der Waals surface area contributed by atoms with E-state index in [2.05, 4.69) is 14.2 Å². The molecule has 1 aromatic heterocycles. The molecule has 0 aliphatic heterocycles. The van der Waals surface area contributed by atoms with Crippen LogP contribution in [-0.4, -0.2) is 4.98 Å². The Labute approximate surface area is 71.8 Å². The predicted octanol–water partition coefficient (Wildman–Crippen LogP) is 1.03. The highest BCUT2D eigenvalue weighted by atomic mass is 31.0. The zero-order valence-electron chi connectivity index (χ0n) is 6.37. The maximum Gasteiger partial charge on any atom is 0.255 e. The maximum absolute atomic E-state index is 11.3. The van der Waals surface area contributed by atoms with E-state index in [1.807, 2.05) is 24.3 Å². The summed E-state index contributed by atoms with van der Waals surface area (Å²) in [6.45, 7) is 0. The summed E-state index contributed by atoms with van der Waals surface area (Å²) >= 11 is 0. The summed E-state index contributed by atoms with van der Waals surface area (Å²) in [6.07, 6.45) is 1.66. The van der Waals surface area contributed by atoms with Crippen LogP contribution >= 0.6 is 9.24 Å². The average Bonchev–Trinajstić information content (AvgIpc) is 2.07. The molecule has 0 radical (unpaired) electrons. The molecule has 1 unspecified atom stereocenters. The third-order valence-corrected chi connectivity index (χ3v) is 2.16. The fraction of sp³-hybridized carbons (Fsp3) is 0. The third kappa shape index (κ3) is 1.15. The fourth-order valence-corrected chi connectivity index (χ4v) is 1.46. The molecule has 0 saturated carbocycles. The summed E-state index contributed by atoms with van der Waals surface area (Å²) in [6, 6.07) is 7.65. The minimum Gasteiger partial charge on any atom is -0.329 e. The lowest BCUT2D eigenvalue weighted by molar-refractivity contribution is 1.28. The molecule has 0 aliphatic carbocycles. The van der Waals surface area contributed by atoms with Gasteiger partial charge in [-0.2, -0.15) is 0 Å². The van der Waals surface area contributed by atoms with E-state index in [0.29, 0.717) is 0 Å².